The predicted molar refractivity (Wildman–Crippen MR) is 105 cm³/mol. The van der Waals surface area contributed by atoms with Crippen LogP contribution in [0.1, 0.15) is 23.7 Å². The van der Waals surface area contributed by atoms with Crippen molar-refractivity contribution in [3.05, 3.63) is 48.0 Å². The Hall–Kier alpha value is -1.43. The molecule has 1 rings (SSSR count). The Morgan fingerprint density at radius 1 is 1.20 bits per heavy atom. The van der Waals surface area contributed by atoms with E-state index in [0.717, 1.165) is 6.61 Å². The van der Waals surface area contributed by atoms with Gasteiger partial charge in [0.05, 0.1) is 18.3 Å². The van der Waals surface area contributed by atoms with Crippen molar-refractivity contribution in [2.45, 2.75) is 45.1 Å². The lowest BCUT2D eigenvalue weighted by molar-refractivity contribution is 0.0264. The first-order valence-electron chi connectivity index (χ1n) is 8.92. The maximum absolute atomic E-state index is 11.8. The van der Waals surface area contributed by atoms with Gasteiger partial charge in [0.25, 0.3) is 0 Å². The standard InChI is InChI=1S/C20H32O4Si/c1-17(15-23-13-14-25(2,3)4)9-8-12-19(21)16-24-20(22)18-10-6-5-7-11-18/h5-11,17,19,21H,12-16H2,1-4H3/b9-8-/t17-,19+/m0/s1. The minimum absolute atomic E-state index is 0.000834. The predicted octanol–water partition coefficient (Wildman–Crippen LogP) is 4.14. The zero-order chi connectivity index (χ0) is 18.7. The molecule has 1 N–H and O–H groups in total. The van der Waals surface area contributed by atoms with E-state index < -0.39 is 20.1 Å². The summed E-state index contributed by atoms with van der Waals surface area (Å²) in [6.45, 7) is 10.6. The number of hydrogen-bond donors (Lipinski definition) is 1. The number of benzene rings is 1. The number of carbonyl (C=O) groups is 1. The SMILES string of the molecule is C[C@@H](/C=C\C[C@@H](O)COC(=O)c1ccccc1)COCC[Si](C)(C)C. The lowest BCUT2D eigenvalue weighted by atomic mass is 10.1. The van der Waals surface area contributed by atoms with E-state index in [0.29, 0.717) is 24.5 Å². The molecule has 0 saturated heterocycles. The molecular formula is C20H32O4Si. The summed E-state index contributed by atoms with van der Waals surface area (Å²) in [7, 11) is -1.03. The summed E-state index contributed by atoms with van der Waals surface area (Å²) < 4.78 is 10.8. The van der Waals surface area contributed by atoms with Crippen LogP contribution in [-0.4, -0.2) is 45.1 Å². The molecule has 0 fully saturated rings. The zero-order valence-electron chi connectivity index (χ0n) is 15.9. The smallest absolute Gasteiger partial charge is 0.338 e. The Bertz CT molecular complexity index is 522. The normalized spacial score (nSPS) is 14.4. The molecule has 0 spiro atoms. The average Bonchev–Trinajstić information content (AvgIpc) is 2.56. The summed E-state index contributed by atoms with van der Waals surface area (Å²) in [6, 6.07) is 9.96. The summed E-state index contributed by atoms with van der Waals surface area (Å²) >= 11 is 0. The van der Waals surface area contributed by atoms with Crippen LogP contribution in [0, 0.1) is 5.92 Å². The number of carbonyl (C=O) groups excluding carboxylic acids is 1. The van der Waals surface area contributed by atoms with Gasteiger partial charge in [0.1, 0.15) is 6.61 Å². The Morgan fingerprint density at radius 2 is 1.88 bits per heavy atom. The highest BCUT2D eigenvalue weighted by Crippen LogP contribution is 2.09. The van der Waals surface area contributed by atoms with E-state index in [9.17, 15) is 9.90 Å². The minimum atomic E-state index is -1.03. The summed E-state index contributed by atoms with van der Waals surface area (Å²) in [4.78, 5) is 11.8. The number of aliphatic hydroxyl groups excluding tert-OH is 1. The quantitative estimate of drug-likeness (QED) is 0.277. The number of ether oxygens (including phenoxy) is 2. The van der Waals surface area contributed by atoms with Gasteiger partial charge in [-0.2, -0.15) is 0 Å². The Morgan fingerprint density at radius 3 is 2.52 bits per heavy atom. The molecule has 1 aromatic carbocycles. The number of hydrogen-bond acceptors (Lipinski definition) is 4. The molecule has 140 valence electrons. The van der Waals surface area contributed by atoms with Crippen LogP contribution in [0.3, 0.4) is 0 Å². The summed E-state index contributed by atoms with van der Waals surface area (Å²) in [5.41, 5.74) is 0.495. The van der Waals surface area contributed by atoms with Crippen molar-refractivity contribution >= 4 is 14.0 Å². The van der Waals surface area contributed by atoms with Gasteiger partial charge in [0.15, 0.2) is 0 Å². The molecule has 0 aromatic heterocycles. The molecule has 0 radical (unpaired) electrons. The average molecular weight is 365 g/mol. The Kier molecular flexibility index (Phi) is 9.71. The van der Waals surface area contributed by atoms with Crippen LogP contribution < -0.4 is 0 Å². The van der Waals surface area contributed by atoms with Crippen LogP contribution in [0.4, 0.5) is 0 Å². The fraction of sp³-hybridized carbons (Fsp3) is 0.550. The van der Waals surface area contributed by atoms with Gasteiger partial charge in [-0.1, -0.05) is 56.9 Å². The first kappa shape index (κ1) is 21.6. The molecule has 1 aromatic rings. The van der Waals surface area contributed by atoms with Gasteiger partial charge in [-0.25, -0.2) is 4.79 Å². The minimum Gasteiger partial charge on any atom is -0.459 e. The summed E-state index contributed by atoms with van der Waals surface area (Å²) in [5.74, 6) is -0.103. The van der Waals surface area contributed by atoms with Crippen molar-refractivity contribution in [3.8, 4) is 0 Å². The van der Waals surface area contributed by atoms with Gasteiger partial charge in [0, 0.05) is 14.7 Å². The Labute approximate surface area is 152 Å². The second kappa shape index (κ2) is 11.2. The molecule has 4 nitrogen and oxygen atoms in total. The van der Waals surface area contributed by atoms with Crippen molar-refractivity contribution in [2.24, 2.45) is 5.92 Å². The van der Waals surface area contributed by atoms with E-state index in [-0.39, 0.29) is 6.61 Å². The molecule has 0 aliphatic heterocycles. The van der Waals surface area contributed by atoms with Crippen molar-refractivity contribution < 1.29 is 19.4 Å². The largest absolute Gasteiger partial charge is 0.459 e. The van der Waals surface area contributed by atoms with E-state index in [1.807, 2.05) is 18.2 Å². The summed E-state index contributed by atoms with van der Waals surface area (Å²) in [5, 5.41) is 9.91. The van der Waals surface area contributed by atoms with Crippen molar-refractivity contribution in [1.29, 1.82) is 0 Å². The number of rotatable bonds is 11. The van der Waals surface area contributed by atoms with Crippen molar-refractivity contribution in [3.63, 3.8) is 0 Å². The second-order valence-corrected chi connectivity index (χ2v) is 13.3. The van der Waals surface area contributed by atoms with Gasteiger partial charge in [0.2, 0.25) is 0 Å². The molecule has 0 saturated carbocycles. The van der Waals surface area contributed by atoms with Gasteiger partial charge in [-0.05, 0) is 30.5 Å². The molecular weight excluding hydrogens is 332 g/mol. The highest BCUT2D eigenvalue weighted by atomic mass is 28.3. The molecule has 0 aliphatic carbocycles. The lowest BCUT2D eigenvalue weighted by Gasteiger charge is -2.16. The van der Waals surface area contributed by atoms with Gasteiger partial charge in [-0.3, -0.25) is 0 Å². The third kappa shape index (κ3) is 10.9. The number of aliphatic hydroxyl groups is 1. The van der Waals surface area contributed by atoms with E-state index in [1.165, 1.54) is 6.04 Å². The zero-order valence-corrected chi connectivity index (χ0v) is 16.9. The second-order valence-electron chi connectivity index (χ2n) is 7.65. The lowest BCUT2D eigenvalue weighted by Crippen LogP contribution is -2.22. The van der Waals surface area contributed by atoms with E-state index >= 15 is 0 Å². The Balaban J connectivity index is 2.17. The van der Waals surface area contributed by atoms with E-state index in [4.69, 9.17) is 9.47 Å². The molecule has 0 amide bonds. The third-order valence-corrected chi connectivity index (χ3v) is 5.37. The van der Waals surface area contributed by atoms with E-state index in [1.54, 1.807) is 24.3 Å². The number of esters is 1. The van der Waals surface area contributed by atoms with Crippen LogP contribution >= 0.6 is 0 Å². The first-order chi connectivity index (χ1) is 11.8. The topological polar surface area (TPSA) is 55.8 Å². The monoisotopic (exact) mass is 364 g/mol. The van der Waals surface area contributed by atoms with Crippen LogP contribution in [0.15, 0.2) is 42.5 Å². The van der Waals surface area contributed by atoms with Crippen LogP contribution in [0.25, 0.3) is 0 Å². The molecule has 0 aliphatic rings. The highest BCUT2D eigenvalue weighted by molar-refractivity contribution is 6.76. The van der Waals surface area contributed by atoms with Gasteiger partial charge >= 0.3 is 5.97 Å². The van der Waals surface area contributed by atoms with Gasteiger partial charge < -0.3 is 14.6 Å². The van der Waals surface area contributed by atoms with Crippen molar-refractivity contribution in [2.75, 3.05) is 19.8 Å². The molecule has 2 atom stereocenters. The highest BCUT2D eigenvalue weighted by Gasteiger charge is 2.12. The maximum atomic E-state index is 11.8. The fourth-order valence-corrected chi connectivity index (χ4v) is 2.83. The third-order valence-electron chi connectivity index (χ3n) is 3.67. The molecule has 0 unspecified atom stereocenters. The van der Waals surface area contributed by atoms with Crippen LogP contribution in [0.2, 0.25) is 25.7 Å². The molecule has 0 heterocycles. The molecule has 5 heteroatoms. The maximum Gasteiger partial charge on any atom is 0.338 e. The molecule has 0 bridgehead atoms. The van der Waals surface area contributed by atoms with Crippen molar-refractivity contribution in [1.82, 2.24) is 0 Å². The van der Waals surface area contributed by atoms with Crippen LogP contribution in [0.5, 0.6) is 0 Å². The summed E-state index contributed by atoms with van der Waals surface area (Å²) in [6.07, 6.45) is 3.73. The fourth-order valence-electron chi connectivity index (χ4n) is 2.07. The van der Waals surface area contributed by atoms with E-state index in [2.05, 4.69) is 26.6 Å². The first-order valence-corrected chi connectivity index (χ1v) is 12.6. The van der Waals surface area contributed by atoms with Gasteiger partial charge in [-0.15, -0.1) is 0 Å². The van der Waals surface area contributed by atoms with Crippen LogP contribution in [-0.2, 0) is 9.47 Å². The molecule has 25 heavy (non-hydrogen) atoms.